The first-order valence-electron chi connectivity index (χ1n) is 7.35. The SMILES string of the molecule is CCCCc1ccc(Oc2c(F)cccc2[C@H](C)O)cc1. The van der Waals surface area contributed by atoms with Crippen LogP contribution in [-0.2, 0) is 6.42 Å². The molecule has 3 heteroatoms. The van der Waals surface area contributed by atoms with Gasteiger partial charge in [-0.1, -0.05) is 37.6 Å². The summed E-state index contributed by atoms with van der Waals surface area (Å²) in [6.07, 6.45) is 2.57. The Kier molecular flexibility index (Phi) is 5.34. The van der Waals surface area contributed by atoms with E-state index in [1.54, 1.807) is 19.1 Å². The van der Waals surface area contributed by atoms with E-state index < -0.39 is 11.9 Å². The van der Waals surface area contributed by atoms with Gasteiger partial charge >= 0.3 is 0 Å². The highest BCUT2D eigenvalue weighted by Gasteiger charge is 2.14. The molecule has 0 saturated heterocycles. The fourth-order valence-electron chi connectivity index (χ4n) is 2.19. The summed E-state index contributed by atoms with van der Waals surface area (Å²) in [4.78, 5) is 0. The third-order valence-corrected chi connectivity index (χ3v) is 3.41. The lowest BCUT2D eigenvalue weighted by atomic mass is 10.1. The Morgan fingerprint density at radius 1 is 1.14 bits per heavy atom. The molecule has 0 aliphatic heterocycles. The molecule has 1 N–H and O–H groups in total. The second kappa shape index (κ2) is 7.23. The van der Waals surface area contributed by atoms with E-state index in [4.69, 9.17) is 4.74 Å². The van der Waals surface area contributed by atoms with Crippen molar-refractivity contribution < 1.29 is 14.2 Å². The maximum atomic E-state index is 13.9. The molecular formula is C18H21FO2. The number of hydrogen-bond donors (Lipinski definition) is 1. The minimum absolute atomic E-state index is 0.0915. The molecule has 0 saturated carbocycles. The lowest BCUT2D eigenvalue weighted by Crippen LogP contribution is -1.98. The van der Waals surface area contributed by atoms with Gasteiger partial charge in [-0.15, -0.1) is 0 Å². The van der Waals surface area contributed by atoms with E-state index in [1.165, 1.54) is 11.6 Å². The van der Waals surface area contributed by atoms with Gasteiger partial charge in [0.25, 0.3) is 0 Å². The lowest BCUT2D eigenvalue weighted by Gasteiger charge is -2.14. The van der Waals surface area contributed by atoms with Crippen molar-refractivity contribution in [3.63, 3.8) is 0 Å². The third kappa shape index (κ3) is 4.05. The summed E-state index contributed by atoms with van der Waals surface area (Å²) in [5, 5.41) is 9.70. The second-order valence-corrected chi connectivity index (χ2v) is 5.18. The highest BCUT2D eigenvalue weighted by Crippen LogP contribution is 2.32. The number of unbranched alkanes of at least 4 members (excludes halogenated alkanes) is 1. The van der Waals surface area contributed by atoms with Gasteiger partial charge in [-0.25, -0.2) is 4.39 Å². The van der Waals surface area contributed by atoms with E-state index >= 15 is 0 Å². The lowest BCUT2D eigenvalue weighted by molar-refractivity contribution is 0.194. The predicted molar refractivity (Wildman–Crippen MR) is 82.2 cm³/mol. The Labute approximate surface area is 125 Å². The van der Waals surface area contributed by atoms with E-state index in [2.05, 4.69) is 6.92 Å². The Hall–Kier alpha value is -1.87. The summed E-state index contributed by atoms with van der Waals surface area (Å²) >= 11 is 0. The monoisotopic (exact) mass is 288 g/mol. The Morgan fingerprint density at radius 3 is 2.48 bits per heavy atom. The van der Waals surface area contributed by atoms with Crippen LogP contribution in [0.25, 0.3) is 0 Å². The minimum atomic E-state index is -0.778. The van der Waals surface area contributed by atoms with Crippen LogP contribution in [0.2, 0.25) is 0 Å². The molecular weight excluding hydrogens is 267 g/mol. The van der Waals surface area contributed by atoms with Crippen molar-refractivity contribution in [1.29, 1.82) is 0 Å². The number of aryl methyl sites for hydroxylation is 1. The first-order chi connectivity index (χ1) is 10.1. The highest BCUT2D eigenvalue weighted by molar-refractivity contribution is 5.40. The number of hydrogen-bond acceptors (Lipinski definition) is 2. The van der Waals surface area contributed by atoms with Crippen molar-refractivity contribution in [2.45, 2.75) is 39.2 Å². The average Bonchev–Trinajstić information content (AvgIpc) is 2.48. The number of aliphatic hydroxyl groups is 1. The molecule has 2 rings (SSSR count). The van der Waals surface area contributed by atoms with E-state index in [9.17, 15) is 9.50 Å². The van der Waals surface area contributed by atoms with Gasteiger partial charge in [-0.3, -0.25) is 0 Å². The number of rotatable bonds is 6. The van der Waals surface area contributed by atoms with Crippen molar-refractivity contribution >= 4 is 0 Å². The average molecular weight is 288 g/mol. The van der Waals surface area contributed by atoms with Gasteiger partial charge in [0.2, 0.25) is 0 Å². The zero-order valence-electron chi connectivity index (χ0n) is 12.5. The number of para-hydroxylation sites is 1. The molecule has 0 spiro atoms. The molecule has 0 bridgehead atoms. The van der Waals surface area contributed by atoms with Crippen LogP contribution < -0.4 is 4.74 Å². The molecule has 2 nitrogen and oxygen atoms in total. The molecule has 21 heavy (non-hydrogen) atoms. The quantitative estimate of drug-likeness (QED) is 0.809. The number of ether oxygens (including phenoxy) is 1. The molecule has 2 aromatic rings. The van der Waals surface area contributed by atoms with Crippen LogP contribution in [0.5, 0.6) is 11.5 Å². The molecule has 0 heterocycles. The van der Waals surface area contributed by atoms with Gasteiger partial charge in [0.1, 0.15) is 5.75 Å². The Bertz CT molecular complexity index is 576. The summed E-state index contributed by atoms with van der Waals surface area (Å²) in [6.45, 7) is 3.75. The van der Waals surface area contributed by atoms with Crippen molar-refractivity contribution in [3.05, 3.63) is 59.4 Å². The fourth-order valence-corrected chi connectivity index (χ4v) is 2.19. The maximum Gasteiger partial charge on any atom is 0.168 e. The smallest absolute Gasteiger partial charge is 0.168 e. The van der Waals surface area contributed by atoms with Gasteiger partial charge in [0.15, 0.2) is 11.6 Å². The van der Waals surface area contributed by atoms with Gasteiger partial charge in [-0.05, 0) is 43.5 Å². The predicted octanol–water partition coefficient (Wildman–Crippen LogP) is 5.01. The van der Waals surface area contributed by atoms with Crippen molar-refractivity contribution in [2.75, 3.05) is 0 Å². The molecule has 0 radical (unpaired) electrons. The summed E-state index contributed by atoms with van der Waals surface area (Å²) in [6, 6.07) is 12.2. The molecule has 0 aliphatic rings. The molecule has 0 fully saturated rings. The first kappa shape index (κ1) is 15.5. The third-order valence-electron chi connectivity index (χ3n) is 3.41. The van der Waals surface area contributed by atoms with Gasteiger partial charge < -0.3 is 9.84 Å². The minimum Gasteiger partial charge on any atom is -0.454 e. The van der Waals surface area contributed by atoms with Crippen LogP contribution >= 0.6 is 0 Å². The van der Waals surface area contributed by atoms with Crippen LogP contribution in [0.3, 0.4) is 0 Å². The van der Waals surface area contributed by atoms with E-state index in [-0.39, 0.29) is 5.75 Å². The van der Waals surface area contributed by atoms with Crippen molar-refractivity contribution in [2.24, 2.45) is 0 Å². The van der Waals surface area contributed by atoms with Crippen LogP contribution in [0, 0.1) is 5.82 Å². The summed E-state index contributed by atoms with van der Waals surface area (Å²) in [5.74, 6) is 0.194. The molecule has 2 aromatic carbocycles. The summed E-state index contributed by atoms with van der Waals surface area (Å²) < 4.78 is 19.5. The zero-order valence-corrected chi connectivity index (χ0v) is 12.5. The number of benzene rings is 2. The van der Waals surface area contributed by atoms with Gasteiger partial charge in [-0.2, -0.15) is 0 Å². The number of halogens is 1. The summed E-state index contributed by atoms with van der Waals surface area (Å²) in [7, 11) is 0. The standard InChI is InChI=1S/C18H21FO2/c1-3-4-6-14-9-11-15(12-10-14)21-18-16(13(2)20)7-5-8-17(18)19/h5,7-13,20H,3-4,6H2,1-2H3/t13-/m0/s1. The molecule has 0 aromatic heterocycles. The fraction of sp³-hybridized carbons (Fsp3) is 0.333. The number of aliphatic hydroxyl groups excluding tert-OH is 1. The normalized spacial score (nSPS) is 12.2. The van der Waals surface area contributed by atoms with Crippen LogP contribution in [-0.4, -0.2) is 5.11 Å². The first-order valence-corrected chi connectivity index (χ1v) is 7.35. The van der Waals surface area contributed by atoms with Crippen LogP contribution in [0.1, 0.15) is 43.9 Å². The van der Waals surface area contributed by atoms with E-state index in [0.29, 0.717) is 11.3 Å². The molecule has 0 aliphatic carbocycles. The Morgan fingerprint density at radius 2 is 1.86 bits per heavy atom. The summed E-state index contributed by atoms with van der Waals surface area (Å²) in [5.41, 5.74) is 1.69. The zero-order chi connectivity index (χ0) is 15.2. The molecule has 0 unspecified atom stereocenters. The largest absolute Gasteiger partial charge is 0.454 e. The second-order valence-electron chi connectivity index (χ2n) is 5.18. The maximum absolute atomic E-state index is 13.9. The van der Waals surface area contributed by atoms with Gasteiger partial charge in [0, 0.05) is 5.56 Å². The molecule has 1 atom stereocenters. The van der Waals surface area contributed by atoms with Gasteiger partial charge in [0.05, 0.1) is 6.10 Å². The highest BCUT2D eigenvalue weighted by atomic mass is 19.1. The molecule has 112 valence electrons. The van der Waals surface area contributed by atoms with E-state index in [0.717, 1.165) is 19.3 Å². The van der Waals surface area contributed by atoms with Crippen molar-refractivity contribution in [3.8, 4) is 11.5 Å². The van der Waals surface area contributed by atoms with E-state index in [1.807, 2.05) is 24.3 Å². The van der Waals surface area contributed by atoms with Crippen LogP contribution in [0.15, 0.2) is 42.5 Å². The Balaban J connectivity index is 2.18. The van der Waals surface area contributed by atoms with Crippen LogP contribution in [0.4, 0.5) is 4.39 Å². The topological polar surface area (TPSA) is 29.5 Å². The van der Waals surface area contributed by atoms with Crippen molar-refractivity contribution in [1.82, 2.24) is 0 Å². The molecule has 0 amide bonds.